The van der Waals surface area contributed by atoms with Crippen LogP contribution in [0.15, 0.2) is 79.0 Å². The molecule has 5 rings (SSSR count). The summed E-state index contributed by atoms with van der Waals surface area (Å²) >= 11 is 0. The van der Waals surface area contributed by atoms with E-state index in [0.29, 0.717) is 29.3 Å². The number of rotatable bonds is 9. The summed E-state index contributed by atoms with van der Waals surface area (Å²) in [6.45, 7) is 6.10. The van der Waals surface area contributed by atoms with E-state index in [-0.39, 0.29) is 6.54 Å². The lowest BCUT2D eigenvalue weighted by atomic mass is 10.1. The van der Waals surface area contributed by atoms with Gasteiger partial charge in [0.05, 0.1) is 13.7 Å². The van der Waals surface area contributed by atoms with Crippen LogP contribution in [0.4, 0.5) is 27.9 Å². The quantitative estimate of drug-likeness (QED) is 0.257. The fourth-order valence-corrected chi connectivity index (χ4v) is 5.19. The predicted octanol–water partition coefficient (Wildman–Crippen LogP) is 6.19. The molecule has 1 N–H and O–H groups in total. The number of methoxy groups -OCH3 is 1. The number of nitrogens with one attached hydrogen (secondary N) is 1. The molecule has 9 nitrogen and oxygen atoms in total. The van der Waals surface area contributed by atoms with Gasteiger partial charge in [-0.3, -0.25) is 4.90 Å². The van der Waals surface area contributed by atoms with E-state index in [1.165, 1.54) is 10.6 Å². The van der Waals surface area contributed by atoms with Crippen molar-refractivity contribution in [2.24, 2.45) is 0 Å². The summed E-state index contributed by atoms with van der Waals surface area (Å²) < 4.78 is 11.5. The van der Waals surface area contributed by atoms with E-state index in [2.05, 4.69) is 46.3 Å². The Labute approximate surface area is 247 Å². The number of hydrogen-bond donors (Lipinski definition) is 1. The normalized spacial score (nSPS) is 14.6. The standard InChI is InChI=1S/C33H38N6O3/c1-23-9-8-10-24(2)31(23)42-33(40)39(21-25-11-6-7-12-29(25)41-5)30-17-19-34-32(36-30)35-26-13-15-27(16-14-26)38-20-18-28(22-38)37(3)4/h6-17,19,28H,18,20-22H2,1-5H3,(H,34,35,36)/t28-/m1/s1. The van der Waals surface area contributed by atoms with E-state index in [9.17, 15) is 4.79 Å². The van der Waals surface area contributed by atoms with Gasteiger partial charge in [0.25, 0.3) is 0 Å². The van der Waals surface area contributed by atoms with Gasteiger partial charge in [0, 0.05) is 42.3 Å². The van der Waals surface area contributed by atoms with Crippen molar-refractivity contribution in [3.05, 3.63) is 95.7 Å². The number of carbonyl (C=O) groups is 1. The second-order valence-corrected chi connectivity index (χ2v) is 10.7. The number of aromatic nitrogens is 2. The number of amides is 1. The Hall–Kier alpha value is -4.63. The zero-order valence-electron chi connectivity index (χ0n) is 24.9. The first-order chi connectivity index (χ1) is 20.3. The molecule has 0 bridgehead atoms. The van der Waals surface area contributed by atoms with Crippen LogP contribution in [0, 0.1) is 13.8 Å². The summed E-state index contributed by atoms with van der Waals surface area (Å²) in [5, 5.41) is 3.28. The Morgan fingerprint density at radius 3 is 2.43 bits per heavy atom. The zero-order valence-corrected chi connectivity index (χ0v) is 24.9. The first kappa shape index (κ1) is 28.9. The second kappa shape index (κ2) is 12.9. The van der Waals surface area contributed by atoms with Crippen LogP contribution < -0.4 is 24.6 Å². The highest BCUT2D eigenvalue weighted by atomic mass is 16.6. The van der Waals surface area contributed by atoms with Gasteiger partial charge in [-0.05, 0) is 81.9 Å². The predicted molar refractivity (Wildman–Crippen MR) is 167 cm³/mol. The highest BCUT2D eigenvalue weighted by Crippen LogP contribution is 2.28. The molecule has 42 heavy (non-hydrogen) atoms. The summed E-state index contributed by atoms with van der Waals surface area (Å²) in [6, 6.07) is 23.9. The highest BCUT2D eigenvalue weighted by molar-refractivity contribution is 5.88. The van der Waals surface area contributed by atoms with Gasteiger partial charge in [-0.15, -0.1) is 0 Å². The Kier molecular flexibility index (Phi) is 8.88. The summed E-state index contributed by atoms with van der Waals surface area (Å²) in [7, 11) is 5.88. The molecule has 0 spiro atoms. The molecule has 0 unspecified atom stereocenters. The van der Waals surface area contributed by atoms with E-state index in [0.717, 1.165) is 41.9 Å². The lowest BCUT2D eigenvalue weighted by molar-refractivity contribution is 0.206. The highest BCUT2D eigenvalue weighted by Gasteiger charge is 2.25. The Morgan fingerprint density at radius 1 is 1.00 bits per heavy atom. The maximum absolute atomic E-state index is 13.7. The van der Waals surface area contributed by atoms with Gasteiger partial charge in [0.1, 0.15) is 17.3 Å². The number of hydrogen-bond acceptors (Lipinski definition) is 8. The SMILES string of the molecule is COc1ccccc1CN(C(=O)Oc1c(C)cccc1C)c1ccnc(Nc2ccc(N3CC[C@@H](N(C)C)C3)cc2)n1. The topological polar surface area (TPSA) is 83.1 Å². The molecule has 2 heterocycles. The van der Waals surface area contributed by atoms with Crippen molar-refractivity contribution in [2.45, 2.75) is 32.9 Å². The van der Waals surface area contributed by atoms with Crippen molar-refractivity contribution >= 4 is 29.2 Å². The summed E-state index contributed by atoms with van der Waals surface area (Å²) in [4.78, 5) is 29.0. The van der Waals surface area contributed by atoms with Gasteiger partial charge < -0.3 is 24.6 Å². The maximum atomic E-state index is 13.7. The largest absolute Gasteiger partial charge is 0.496 e. The molecule has 9 heteroatoms. The smallest absolute Gasteiger partial charge is 0.421 e. The number of likely N-dealkylation sites (N-methyl/N-ethyl adjacent to an activating group) is 1. The molecular weight excluding hydrogens is 528 g/mol. The minimum absolute atomic E-state index is 0.197. The molecule has 3 aromatic carbocycles. The Morgan fingerprint density at radius 2 is 1.74 bits per heavy atom. The van der Waals surface area contributed by atoms with Crippen LogP contribution in [0.2, 0.25) is 0 Å². The molecule has 0 aliphatic carbocycles. The van der Waals surface area contributed by atoms with E-state index in [4.69, 9.17) is 14.5 Å². The first-order valence-electron chi connectivity index (χ1n) is 14.1. The summed E-state index contributed by atoms with van der Waals surface area (Å²) in [6.07, 6.45) is 2.24. The van der Waals surface area contributed by atoms with Gasteiger partial charge in [0.15, 0.2) is 0 Å². The number of carbonyl (C=O) groups excluding carboxylic acids is 1. The van der Waals surface area contributed by atoms with Crippen molar-refractivity contribution in [1.82, 2.24) is 14.9 Å². The molecule has 1 aliphatic heterocycles. The van der Waals surface area contributed by atoms with E-state index < -0.39 is 6.09 Å². The van der Waals surface area contributed by atoms with Gasteiger partial charge in [0.2, 0.25) is 5.95 Å². The average molecular weight is 567 g/mol. The molecule has 1 atom stereocenters. The fraction of sp³-hybridized carbons (Fsp3) is 0.303. The summed E-state index contributed by atoms with van der Waals surface area (Å²) in [5.74, 6) is 1.98. The molecule has 1 aliphatic rings. The third-order valence-electron chi connectivity index (χ3n) is 7.64. The molecule has 0 radical (unpaired) electrons. The Bertz CT molecular complexity index is 1500. The van der Waals surface area contributed by atoms with Crippen LogP contribution in [-0.4, -0.2) is 61.3 Å². The van der Waals surface area contributed by atoms with Crippen LogP contribution in [0.1, 0.15) is 23.1 Å². The van der Waals surface area contributed by atoms with E-state index in [1.54, 1.807) is 19.4 Å². The van der Waals surface area contributed by atoms with Crippen molar-refractivity contribution in [3.8, 4) is 11.5 Å². The van der Waals surface area contributed by atoms with Crippen LogP contribution in [-0.2, 0) is 6.54 Å². The zero-order chi connectivity index (χ0) is 29.6. The lowest BCUT2D eigenvalue weighted by Gasteiger charge is -2.23. The van der Waals surface area contributed by atoms with Gasteiger partial charge in [-0.1, -0.05) is 36.4 Å². The van der Waals surface area contributed by atoms with Crippen molar-refractivity contribution in [2.75, 3.05) is 49.4 Å². The van der Waals surface area contributed by atoms with Gasteiger partial charge >= 0.3 is 6.09 Å². The molecule has 1 aromatic heterocycles. The van der Waals surface area contributed by atoms with E-state index in [1.807, 2.05) is 68.4 Å². The number of aryl methyl sites for hydroxylation is 2. The van der Waals surface area contributed by atoms with Crippen molar-refractivity contribution in [3.63, 3.8) is 0 Å². The number of ether oxygens (including phenoxy) is 2. The number of para-hydroxylation sites is 2. The van der Waals surface area contributed by atoms with Gasteiger partial charge in [-0.2, -0.15) is 4.98 Å². The van der Waals surface area contributed by atoms with Crippen molar-refractivity contribution < 1.29 is 14.3 Å². The van der Waals surface area contributed by atoms with Crippen molar-refractivity contribution in [1.29, 1.82) is 0 Å². The number of nitrogens with zero attached hydrogens (tertiary/aromatic N) is 5. The van der Waals surface area contributed by atoms with Crippen LogP contribution in [0.5, 0.6) is 11.5 Å². The lowest BCUT2D eigenvalue weighted by Crippen LogP contribution is -2.34. The monoisotopic (exact) mass is 566 g/mol. The minimum Gasteiger partial charge on any atom is -0.496 e. The number of benzene rings is 3. The first-order valence-corrected chi connectivity index (χ1v) is 14.1. The molecule has 4 aromatic rings. The third kappa shape index (κ3) is 6.63. The third-order valence-corrected chi connectivity index (χ3v) is 7.64. The maximum Gasteiger partial charge on any atom is 0.421 e. The molecule has 1 amide bonds. The molecule has 1 saturated heterocycles. The van der Waals surface area contributed by atoms with Crippen LogP contribution >= 0.6 is 0 Å². The van der Waals surface area contributed by atoms with Crippen LogP contribution in [0.25, 0.3) is 0 Å². The summed E-state index contributed by atoms with van der Waals surface area (Å²) in [5.41, 5.74) is 4.62. The molecule has 218 valence electrons. The molecular formula is C33H38N6O3. The molecule has 0 saturated carbocycles. The molecule has 1 fully saturated rings. The van der Waals surface area contributed by atoms with Crippen LogP contribution in [0.3, 0.4) is 0 Å². The number of anilines is 4. The minimum atomic E-state index is -0.547. The van der Waals surface area contributed by atoms with E-state index >= 15 is 0 Å². The fourth-order valence-electron chi connectivity index (χ4n) is 5.19. The Balaban J connectivity index is 1.38. The average Bonchev–Trinajstić information content (AvgIpc) is 3.49. The van der Waals surface area contributed by atoms with Gasteiger partial charge in [-0.25, -0.2) is 9.78 Å². The second-order valence-electron chi connectivity index (χ2n) is 10.7.